The van der Waals surface area contributed by atoms with Crippen LogP contribution < -0.4 is 35.2 Å². The van der Waals surface area contributed by atoms with Gasteiger partial charge in [-0.15, -0.1) is 0 Å². The fourth-order valence-electron chi connectivity index (χ4n) is 7.36. The number of anilines is 6. The molecule has 0 aliphatic heterocycles. The van der Waals surface area contributed by atoms with Crippen molar-refractivity contribution >= 4 is 90.2 Å². The molecule has 6 heterocycles. The van der Waals surface area contributed by atoms with Crippen LogP contribution in [-0.2, 0) is 0 Å². The van der Waals surface area contributed by atoms with Gasteiger partial charge in [0.05, 0.1) is 92.7 Å². The van der Waals surface area contributed by atoms with Crippen LogP contribution in [0, 0.1) is 20.2 Å². The Kier molecular flexibility index (Phi) is 19.8. The second kappa shape index (κ2) is 25.7. The predicted molar refractivity (Wildman–Crippen MR) is 290 cm³/mol. The standard InChI is InChI=1S/C24H26ClFN8O3.C22H23ClN8O3.CH4.H3P/c1-31(9-7-26)10-11-32(2)20-13-22(37-3)18(12-21(20)34(35)36)29-24-27-15-17(25)23(30-24)16-14-28-33-8-5-4-6-19(16)33;1-24-7-9-29(2)18-11-20(34-3)16(10-19(18)31(32)33)27-22-25-13-15(23)21(28-22)14-12-26-30-8-5-4-6-17(14)30;;/h4-6,8,12-15H,7,9-11H2,1-3H3,(H,27,29,30);4-6,8,10-13,24H,7,9H2,1-3H3,(H,25,27,28);1H4;1H3. The van der Waals surface area contributed by atoms with Crippen LogP contribution in [-0.4, -0.2) is 136 Å². The summed E-state index contributed by atoms with van der Waals surface area (Å²) >= 11 is 12.8. The van der Waals surface area contributed by atoms with Gasteiger partial charge in [-0.05, 0) is 38.4 Å². The molecule has 1 unspecified atom stereocenters. The van der Waals surface area contributed by atoms with Gasteiger partial charge in [0.25, 0.3) is 11.4 Å². The third-order valence-corrected chi connectivity index (χ3v) is 11.7. The molecule has 386 valence electrons. The van der Waals surface area contributed by atoms with E-state index in [1.807, 2.05) is 60.7 Å². The van der Waals surface area contributed by atoms with Crippen molar-refractivity contribution in [2.24, 2.45) is 0 Å². The molecule has 0 spiro atoms. The highest BCUT2D eigenvalue weighted by molar-refractivity contribution is 6.92. The smallest absolute Gasteiger partial charge is 0.294 e. The van der Waals surface area contributed by atoms with E-state index in [2.05, 4.69) is 46.1 Å². The first kappa shape index (κ1) is 56.4. The SMILES string of the molecule is C.CNCCN(C)c1cc(OC)c(Nc2ncc(Cl)c(-c3cnn4ccccc34)n2)cc1[N+](=O)[O-].COc1cc(N(C)CCN(C)CCF)c([N+](=O)[O-])cc1Nc1ncc(Cl)c(-c2cnn3ccccc23)n1.P. The number of methoxy groups -OCH3 is 2. The van der Waals surface area contributed by atoms with Gasteiger partial charge in [0, 0.05) is 94.6 Å². The van der Waals surface area contributed by atoms with Gasteiger partial charge in [-0.25, -0.2) is 33.4 Å². The van der Waals surface area contributed by atoms with Gasteiger partial charge in [0.1, 0.15) is 29.5 Å². The van der Waals surface area contributed by atoms with Crippen LogP contribution in [0.1, 0.15) is 7.43 Å². The zero-order chi connectivity index (χ0) is 50.8. The maximum absolute atomic E-state index is 12.6. The van der Waals surface area contributed by atoms with Crippen LogP contribution in [0.5, 0.6) is 11.5 Å². The molecule has 0 radical (unpaired) electrons. The molecular formula is C47H56Cl2FN16O6P. The monoisotopic (exact) mass is 1060 g/mol. The maximum Gasteiger partial charge on any atom is 0.294 e. The average molecular weight is 1060 g/mol. The van der Waals surface area contributed by atoms with Gasteiger partial charge < -0.3 is 40.1 Å². The van der Waals surface area contributed by atoms with Crippen LogP contribution in [0.4, 0.5) is 50.4 Å². The number of alkyl halides is 1. The summed E-state index contributed by atoms with van der Waals surface area (Å²) in [5.74, 6) is 1.16. The van der Waals surface area contributed by atoms with Crippen LogP contribution in [0.25, 0.3) is 33.5 Å². The maximum atomic E-state index is 12.6. The third kappa shape index (κ3) is 13.1. The number of pyridine rings is 2. The minimum absolute atomic E-state index is 0. The Hall–Kier alpha value is -7.56. The predicted octanol–water partition coefficient (Wildman–Crippen LogP) is 8.90. The molecule has 0 aliphatic rings. The van der Waals surface area contributed by atoms with Crippen LogP contribution in [0.15, 0.2) is 97.8 Å². The number of hydrogen-bond donors (Lipinski definition) is 3. The Morgan fingerprint density at radius 3 is 1.55 bits per heavy atom. The van der Waals surface area contributed by atoms with Crippen molar-refractivity contribution in [1.29, 1.82) is 0 Å². The van der Waals surface area contributed by atoms with E-state index in [4.69, 9.17) is 32.7 Å². The van der Waals surface area contributed by atoms with Crippen molar-refractivity contribution in [1.82, 2.24) is 49.4 Å². The third-order valence-electron chi connectivity index (χ3n) is 11.1. The van der Waals surface area contributed by atoms with E-state index in [1.165, 1.54) is 38.7 Å². The lowest BCUT2D eigenvalue weighted by atomic mass is 10.2. The summed E-state index contributed by atoms with van der Waals surface area (Å²) in [4.78, 5) is 45.8. The second-order valence-corrected chi connectivity index (χ2v) is 16.6. The molecule has 22 nitrogen and oxygen atoms in total. The van der Waals surface area contributed by atoms with Crippen LogP contribution in [0.3, 0.4) is 0 Å². The molecule has 8 aromatic rings. The number of halogens is 3. The minimum atomic E-state index is -0.463. The van der Waals surface area contributed by atoms with Crippen molar-refractivity contribution < 1.29 is 23.7 Å². The molecule has 0 bridgehead atoms. The van der Waals surface area contributed by atoms with Gasteiger partial charge in [0.2, 0.25) is 11.9 Å². The normalized spacial score (nSPS) is 10.8. The highest BCUT2D eigenvalue weighted by atomic mass is 35.5. The quantitative estimate of drug-likeness (QED) is 0.0367. The van der Waals surface area contributed by atoms with E-state index in [-0.39, 0.29) is 40.6 Å². The molecule has 2 aromatic carbocycles. The molecule has 0 saturated heterocycles. The number of fused-ring (bicyclic) bond motifs is 2. The molecule has 0 fully saturated rings. The Morgan fingerprint density at radius 1 is 0.685 bits per heavy atom. The second-order valence-electron chi connectivity index (χ2n) is 15.7. The Morgan fingerprint density at radius 2 is 1.14 bits per heavy atom. The van der Waals surface area contributed by atoms with Crippen LogP contribution >= 0.6 is 33.1 Å². The van der Waals surface area contributed by atoms with Gasteiger partial charge >= 0.3 is 0 Å². The van der Waals surface area contributed by atoms with Crippen molar-refractivity contribution in [2.45, 2.75) is 7.43 Å². The van der Waals surface area contributed by atoms with E-state index in [9.17, 15) is 24.6 Å². The minimum Gasteiger partial charge on any atom is -0.494 e. The fourth-order valence-corrected chi connectivity index (χ4v) is 7.74. The number of nitro groups is 2. The molecule has 1 atom stereocenters. The van der Waals surface area contributed by atoms with Gasteiger partial charge in [-0.1, -0.05) is 42.8 Å². The van der Waals surface area contributed by atoms with Gasteiger partial charge in [0.15, 0.2) is 0 Å². The first-order valence-corrected chi connectivity index (χ1v) is 22.5. The lowest BCUT2D eigenvalue weighted by Crippen LogP contribution is -2.32. The fraction of sp³-hybridized carbons (Fsp3) is 0.277. The summed E-state index contributed by atoms with van der Waals surface area (Å²) in [5.41, 5.74) is 5.30. The Balaban J connectivity index is 0.000000264. The number of ether oxygens (including phenoxy) is 2. The number of nitrogens with one attached hydrogen (secondary N) is 3. The van der Waals surface area contributed by atoms with Gasteiger partial charge in [-0.3, -0.25) is 20.2 Å². The number of benzene rings is 2. The zero-order valence-electron chi connectivity index (χ0n) is 40.1. The molecule has 6 aromatic heterocycles. The molecule has 8 rings (SSSR count). The molecule has 3 N–H and O–H groups in total. The molecule has 0 aliphatic carbocycles. The number of nitrogens with zero attached hydrogens (tertiary/aromatic N) is 13. The first-order chi connectivity index (χ1) is 34.2. The van der Waals surface area contributed by atoms with Crippen molar-refractivity contribution in [2.75, 3.05) is 102 Å². The summed E-state index contributed by atoms with van der Waals surface area (Å²) in [6.45, 7) is 2.07. The highest BCUT2D eigenvalue weighted by Gasteiger charge is 2.25. The van der Waals surface area contributed by atoms with Gasteiger partial charge in [-0.2, -0.15) is 20.1 Å². The van der Waals surface area contributed by atoms with E-state index < -0.39 is 16.5 Å². The molecule has 0 amide bonds. The highest BCUT2D eigenvalue weighted by Crippen LogP contribution is 2.41. The molecule has 0 saturated carbocycles. The lowest BCUT2D eigenvalue weighted by molar-refractivity contribution is -0.384. The number of aromatic nitrogens is 8. The average Bonchev–Trinajstić information content (AvgIpc) is 4.01. The summed E-state index contributed by atoms with van der Waals surface area (Å²) in [5, 5.41) is 42.2. The number of likely N-dealkylation sites (N-methyl/N-ethyl adjacent to an activating group) is 4. The Labute approximate surface area is 433 Å². The summed E-state index contributed by atoms with van der Waals surface area (Å²) in [7, 11) is 10.1. The van der Waals surface area contributed by atoms with E-state index in [0.717, 1.165) is 16.6 Å². The summed E-state index contributed by atoms with van der Waals surface area (Å²) in [6.07, 6.45) is 9.90. The van der Waals surface area contributed by atoms with Crippen molar-refractivity contribution in [3.05, 3.63) is 128 Å². The van der Waals surface area contributed by atoms with E-state index in [1.54, 1.807) is 64.5 Å². The summed E-state index contributed by atoms with van der Waals surface area (Å²) < 4.78 is 27.0. The molecule has 26 heteroatoms. The number of rotatable bonds is 20. The number of nitro benzene ring substituents is 2. The molecular weight excluding hydrogens is 1010 g/mol. The Bertz CT molecular complexity index is 3190. The largest absolute Gasteiger partial charge is 0.494 e. The summed E-state index contributed by atoms with van der Waals surface area (Å²) in [6, 6.07) is 17.3. The van der Waals surface area contributed by atoms with Crippen LogP contribution in [0.2, 0.25) is 10.0 Å². The van der Waals surface area contributed by atoms with E-state index >= 15 is 0 Å². The molecule has 73 heavy (non-hydrogen) atoms. The van der Waals surface area contributed by atoms with Crippen molar-refractivity contribution in [3.8, 4) is 34.0 Å². The lowest BCUT2D eigenvalue weighted by Gasteiger charge is -2.24. The zero-order valence-corrected chi connectivity index (χ0v) is 43.0. The van der Waals surface area contributed by atoms with E-state index in [0.29, 0.717) is 94.0 Å². The first-order valence-electron chi connectivity index (χ1n) is 21.7. The van der Waals surface area contributed by atoms with Crippen molar-refractivity contribution in [3.63, 3.8) is 0 Å². The topological polar surface area (TPSA) is 237 Å². The number of hydrogen-bond acceptors (Lipinski definition) is 18.